The van der Waals surface area contributed by atoms with Crippen LogP contribution in [0, 0.1) is 24.1 Å². The van der Waals surface area contributed by atoms with E-state index in [0.717, 1.165) is 5.69 Å². The summed E-state index contributed by atoms with van der Waals surface area (Å²) in [6.07, 6.45) is 0. The number of rotatable bonds is 0. The van der Waals surface area contributed by atoms with E-state index in [1.165, 1.54) is 6.07 Å². The maximum atomic E-state index is 13.2. The number of hydrogen-bond acceptors (Lipinski definition) is 2. The highest BCUT2D eigenvalue weighted by Gasteiger charge is 2.07. The molecular formula is C11H7FN2. The zero-order valence-electron chi connectivity index (χ0n) is 7.58. The minimum Gasteiger partial charge on any atom is -0.253 e. The molecule has 0 aliphatic heterocycles. The third-order valence-electron chi connectivity index (χ3n) is 2.07. The van der Waals surface area contributed by atoms with Crippen molar-refractivity contribution in [1.29, 1.82) is 5.26 Å². The Morgan fingerprint density at radius 1 is 1.29 bits per heavy atom. The fourth-order valence-corrected chi connectivity index (χ4v) is 1.39. The third kappa shape index (κ3) is 1.21. The van der Waals surface area contributed by atoms with Crippen molar-refractivity contribution in [3.05, 3.63) is 41.3 Å². The molecular weight excluding hydrogens is 179 g/mol. The summed E-state index contributed by atoms with van der Waals surface area (Å²) >= 11 is 0. The molecule has 0 radical (unpaired) electrons. The first kappa shape index (κ1) is 8.64. The van der Waals surface area contributed by atoms with Crippen LogP contribution in [0.3, 0.4) is 0 Å². The lowest BCUT2D eigenvalue weighted by molar-refractivity contribution is 0.626. The number of nitriles is 1. The van der Waals surface area contributed by atoms with Crippen molar-refractivity contribution in [2.24, 2.45) is 0 Å². The van der Waals surface area contributed by atoms with Crippen molar-refractivity contribution < 1.29 is 4.39 Å². The van der Waals surface area contributed by atoms with E-state index < -0.39 is 5.82 Å². The van der Waals surface area contributed by atoms with E-state index in [0.29, 0.717) is 10.9 Å². The van der Waals surface area contributed by atoms with Gasteiger partial charge in [-0.1, -0.05) is 0 Å². The summed E-state index contributed by atoms with van der Waals surface area (Å²) < 4.78 is 13.2. The highest BCUT2D eigenvalue weighted by Crippen LogP contribution is 2.19. The second-order valence-electron chi connectivity index (χ2n) is 3.05. The third-order valence-corrected chi connectivity index (χ3v) is 2.07. The molecule has 3 heteroatoms. The average Bonchev–Trinajstić information content (AvgIpc) is 2.18. The molecule has 0 atom stereocenters. The highest BCUT2D eigenvalue weighted by atomic mass is 19.1. The Hall–Kier alpha value is -1.95. The van der Waals surface area contributed by atoms with Gasteiger partial charge in [0.05, 0.1) is 11.1 Å². The zero-order chi connectivity index (χ0) is 10.1. The summed E-state index contributed by atoms with van der Waals surface area (Å²) in [7, 11) is 0. The molecule has 0 aliphatic carbocycles. The normalized spacial score (nSPS) is 10.1. The average molecular weight is 186 g/mol. The molecule has 1 aromatic carbocycles. The summed E-state index contributed by atoms with van der Waals surface area (Å²) in [5, 5.41) is 9.34. The van der Waals surface area contributed by atoms with Crippen LogP contribution in [0.15, 0.2) is 24.3 Å². The van der Waals surface area contributed by atoms with Gasteiger partial charge in [-0.15, -0.1) is 0 Å². The number of fused-ring (bicyclic) bond motifs is 1. The van der Waals surface area contributed by atoms with E-state index in [2.05, 4.69) is 4.98 Å². The van der Waals surface area contributed by atoms with Gasteiger partial charge in [-0.25, -0.2) is 4.39 Å². The van der Waals surface area contributed by atoms with E-state index in [9.17, 15) is 4.39 Å². The second-order valence-corrected chi connectivity index (χ2v) is 3.05. The summed E-state index contributed by atoms with van der Waals surface area (Å²) in [4.78, 5) is 4.21. The molecule has 2 aromatic rings. The molecule has 0 fully saturated rings. The van der Waals surface area contributed by atoms with Crippen LogP contribution in [-0.2, 0) is 0 Å². The monoisotopic (exact) mass is 186 g/mol. The van der Waals surface area contributed by atoms with Gasteiger partial charge in [0.2, 0.25) is 0 Å². The fraction of sp³-hybridized carbons (Fsp3) is 0.0909. The number of pyridine rings is 1. The van der Waals surface area contributed by atoms with E-state index in [1.807, 2.05) is 13.0 Å². The summed E-state index contributed by atoms with van der Waals surface area (Å²) in [5.74, 6) is -0.495. The van der Waals surface area contributed by atoms with Crippen molar-refractivity contribution >= 4 is 10.9 Å². The van der Waals surface area contributed by atoms with Gasteiger partial charge >= 0.3 is 0 Å². The number of nitrogens with zero attached hydrogens (tertiary/aromatic N) is 2. The van der Waals surface area contributed by atoms with Crippen LogP contribution in [0.4, 0.5) is 4.39 Å². The largest absolute Gasteiger partial charge is 0.253 e. The minimum atomic E-state index is -0.495. The number of benzene rings is 1. The van der Waals surface area contributed by atoms with Crippen molar-refractivity contribution in [3.8, 4) is 6.07 Å². The summed E-state index contributed by atoms with van der Waals surface area (Å²) in [6, 6.07) is 8.18. The lowest BCUT2D eigenvalue weighted by Crippen LogP contribution is -1.89. The standard InChI is InChI=1S/C11H7FN2/c1-7-2-3-8-9(6-13)10(12)4-5-11(8)14-7/h2-5H,1H3. The molecule has 0 saturated heterocycles. The molecule has 0 aliphatic rings. The maximum Gasteiger partial charge on any atom is 0.141 e. The van der Waals surface area contributed by atoms with Crippen LogP contribution in [0.5, 0.6) is 0 Å². The molecule has 0 N–H and O–H groups in total. The van der Waals surface area contributed by atoms with Gasteiger partial charge in [-0.05, 0) is 31.2 Å². The number of hydrogen-bond donors (Lipinski definition) is 0. The first-order valence-corrected chi connectivity index (χ1v) is 4.18. The van der Waals surface area contributed by atoms with Crippen molar-refractivity contribution in [2.75, 3.05) is 0 Å². The molecule has 1 aromatic heterocycles. The SMILES string of the molecule is Cc1ccc2c(C#N)c(F)ccc2n1. The molecule has 68 valence electrons. The number of halogens is 1. The van der Waals surface area contributed by atoms with Gasteiger partial charge in [0.15, 0.2) is 0 Å². The first-order valence-electron chi connectivity index (χ1n) is 4.18. The molecule has 14 heavy (non-hydrogen) atoms. The van der Waals surface area contributed by atoms with Crippen LogP contribution in [0.2, 0.25) is 0 Å². The van der Waals surface area contributed by atoms with Crippen LogP contribution in [0.25, 0.3) is 10.9 Å². The van der Waals surface area contributed by atoms with Gasteiger partial charge < -0.3 is 0 Å². The van der Waals surface area contributed by atoms with Crippen molar-refractivity contribution in [2.45, 2.75) is 6.92 Å². The van der Waals surface area contributed by atoms with E-state index in [1.54, 1.807) is 18.2 Å². The molecule has 0 spiro atoms. The first-order chi connectivity index (χ1) is 6.72. The molecule has 0 saturated carbocycles. The Balaban J connectivity index is 2.90. The molecule has 1 heterocycles. The van der Waals surface area contributed by atoms with E-state index in [-0.39, 0.29) is 5.56 Å². The topological polar surface area (TPSA) is 36.7 Å². The summed E-state index contributed by atoms with van der Waals surface area (Å²) in [6.45, 7) is 1.86. The Bertz CT molecular complexity index is 541. The van der Waals surface area contributed by atoms with Gasteiger partial charge in [0.1, 0.15) is 11.9 Å². The Kier molecular flexibility index (Phi) is 1.90. The molecule has 0 bridgehead atoms. The molecule has 2 nitrogen and oxygen atoms in total. The maximum absolute atomic E-state index is 13.2. The molecule has 0 amide bonds. The highest BCUT2D eigenvalue weighted by molar-refractivity contribution is 5.84. The van der Waals surface area contributed by atoms with Crippen LogP contribution in [0.1, 0.15) is 11.3 Å². The minimum absolute atomic E-state index is 0.0648. The Morgan fingerprint density at radius 2 is 2.07 bits per heavy atom. The predicted octanol–water partition coefficient (Wildman–Crippen LogP) is 2.55. The van der Waals surface area contributed by atoms with Crippen LogP contribution < -0.4 is 0 Å². The van der Waals surface area contributed by atoms with E-state index >= 15 is 0 Å². The summed E-state index contributed by atoms with van der Waals surface area (Å²) in [5.41, 5.74) is 1.57. The molecule has 0 unspecified atom stereocenters. The quantitative estimate of drug-likeness (QED) is 0.634. The van der Waals surface area contributed by atoms with Gasteiger partial charge in [-0.2, -0.15) is 5.26 Å². The zero-order valence-corrected chi connectivity index (χ0v) is 7.58. The second kappa shape index (κ2) is 3.08. The lowest BCUT2D eigenvalue weighted by atomic mass is 10.1. The van der Waals surface area contributed by atoms with Crippen LogP contribution >= 0.6 is 0 Å². The number of aryl methyl sites for hydroxylation is 1. The lowest BCUT2D eigenvalue weighted by Gasteiger charge is -2.01. The smallest absolute Gasteiger partial charge is 0.141 e. The number of aromatic nitrogens is 1. The van der Waals surface area contributed by atoms with Crippen molar-refractivity contribution in [1.82, 2.24) is 4.98 Å². The van der Waals surface area contributed by atoms with E-state index in [4.69, 9.17) is 5.26 Å². The van der Waals surface area contributed by atoms with Gasteiger partial charge in [0, 0.05) is 11.1 Å². The predicted molar refractivity (Wildman–Crippen MR) is 51.2 cm³/mol. The Labute approximate surface area is 80.6 Å². The fourth-order valence-electron chi connectivity index (χ4n) is 1.39. The van der Waals surface area contributed by atoms with Crippen molar-refractivity contribution in [3.63, 3.8) is 0 Å². The van der Waals surface area contributed by atoms with Gasteiger partial charge in [-0.3, -0.25) is 4.98 Å². The van der Waals surface area contributed by atoms with Crippen LogP contribution in [-0.4, -0.2) is 4.98 Å². The van der Waals surface area contributed by atoms with Gasteiger partial charge in [0.25, 0.3) is 0 Å². The Morgan fingerprint density at radius 3 is 2.79 bits per heavy atom. The molecule has 2 rings (SSSR count).